The third-order valence-electron chi connectivity index (χ3n) is 2.03. The monoisotopic (exact) mass is 263 g/mol. The molecule has 1 aromatic carbocycles. The molecule has 0 atom stereocenters. The van der Waals surface area contributed by atoms with Crippen LogP contribution in [-0.4, -0.2) is 6.21 Å². The molecule has 1 aromatic rings. The van der Waals surface area contributed by atoms with E-state index in [1.54, 1.807) is 0 Å². The van der Waals surface area contributed by atoms with Crippen LogP contribution in [0.3, 0.4) is 0 Å². The molecule has 0 bridgehead atoms. The molecular weight excluding hydrogens is 259 g/mol. The minimum absolute atomic E-state index is 0.0780. The molecule has 0 saturated carbocycles. The van der Waals surface area contributed by atoms with Crippen LogP contribution in [0.15, 0.2) is 21.6 Å². The number of hydrogen-bond acceptors (Lipinski definition) is 1. The van der Waals surface area contributed by atoms with Crippen molar-refractivity contribution in [3.63, 3.8) is 0 Å². The topological polar surface area (TPSA) is 12.4 Å². The molecule has 5 heteroatoms. The molecule has 0 spiro atoms. The predicted octanol–water partition coefficient (Wildman–Crippen LogP) is 3.40. The van der Waals surface area contributed by atoms with Crippen LogP contribution in [0.1, 0.15) is 16.7 Å². The number of fused-ring (bicyclic) bond motifs is 1. The number of benzene rings is 1. The van der Waals surface area contributed by atoms with E-state index in [1.165, 1.54) is 12.3 Å². The van der Waals surface area contributed by atoms with E-state index in [2.05, 4.69) is 20.9 Å². The molecule has 0 aliphatic carbocycles. The molecule has 1 nitrogen and oxygen atoms in total. The number of alkyl halides is 3. The number of hydrogen-bond donors (Lipinski definition) is 0. The van der Waals surface area contributed by atoms with E-state index in [9.17, 15) is 13.2 Å². The summed E-state index contributed by atoms with van der Waals surface area (Å²) in [5.41, 5.74) is 0.731. The Morgan fingerprint density at radius 1 is 1.29 bits per heavy atom. The summed E-state index contributed by atoms with van der Waals surface area (Å²) >= 11 is 2.91. The van der Waals surface area contributed by atoms with E-state index >= 15 is 0 Å². The SMILES string of the molecule is FC(F)(F)c1cc2c(cc1Br)CN=C2. The Balaban J connectivity index is 2.57. The normalized spacial score (nSPS) is 14.6. The quantitative estimate of drug-likeness (QED) is 0.681. The van der Waals surface area contributed by atoms with Gasteiger partial charge in [-0.2, -0.15) is 13.2 Å². The van der Waals surface area contributed by atoms with Gasteiger partial charge in [0.2, 0.25) is 0 Å². The molecule has 2 rings (SSSR count). The van der Waals surface area contributed by atoms with Crippen LogP contribution >= 0.6 is 15.9 Å². The smallest absolute Gasteiger partial charge is 0.288 e. The fourth-order valence-corrected chi connectivity index (χ4v) is 1.96. The molecule has 0 amide bonds. The van der Waals surface area contributed by atoms with Crippen molar-refractivity contribution in [2.75, 3.05) is 0 Å². The first-order chi connectivity index (χ1) is 6.48. The molecule has 0 radical (unpaired) electrons. The third-order valence-corrected chi connectivity index (χ3v) is 2.68. The Kier molecular flexibility index (Phi) is 2.14. The zero-order valence-corrected chi connectivity index (χ0v) is 8.48. The Labute approximate surface area is 86.8 Å². The van der Waals surface area contributed by atoms with Crippen LogP contribution < -0.4 is 0 Å². The summed E-state index contributed by atoms with van der Waals surface area (Å²) in [5.74, 6) is 0. The van der Waals surface area contributed by atoms with Crippen molar-refractivity contribution in [3.05, 3.63) is 33.3 Å². The lowest BCUT2D eigenvalue weighted by atomic mass is 10.1. The van der Waals surface area contributed by atoms with Gasteiger partial charge in [-0.3, -0.25) is 4.99 Å². The molecule has 0 N–H and O–H groups in total. The van der Waals surface area contributed by atoms with Gasteiger partial charge in [0, 0.05) is 10.7 Å². The third kappa shape index (κ3) is 1.56. The first-order valence-corrected chi connectivity index (χ1v) is 4.67. The van der Waals surface area contributed by atoms with Gasteiger partial charge in [-0.25, -0.2) is 0 Å². The van der Waals surface area contributed by atoms with Gasteiger partial charge in [0.05, 0.1) is 12.1 Å². The van der Waals surface area contributed by atoms with Crippen LogP contribution in [0.2, 0.25) is 0 Å². The second kappa shape index (κ2) is 3.08. The number of rotatable bonds is 0. The lowest BCUT2D eigenvalue weighted by Gasteiger charge is -2.10. The average molecular weight is 264 g/mol. The lowest BCUT2D eigenvalue weighted by Crippen LogP contribution is -2.07. The second-order valence-corrected chi connectivity index (χ2v) is 3.85. The average Bonchev–Trinajstić information content (AvgIpc) is 2.47. The maximum Gasteiger partial charge on any atom is 0.417 e. The van der Waals surface area contributed by atoms with Crippen LogP contribution in [0, 0.1) is 0 Å². The largest absolute Gasteiger partial charge is 0.417 e. The van der Waals surface area contributed by atoms with Crippen molar-refractivity contribution < 1.29 is 13.2 Å². The molecule has 0 aromatic heterocycles. The Hall–Kier alpha value is -0.840. The summed E-state index contributed by atoms with van der Waals surface area (Å²) < 4.78 is 37.4. The van der Waals surface area contributed by atoms with Crippen LogP contribution in [0.4, 0.5) is 13.2 Å². The van der Waals surface area contributed by atoms with Crippen LogP contribution in [0.5, 0.6) is 0 Å². The summed E-state index contributed by atoms with van der Waals surface area (Å²) in [7, 11) is 0. The molecule has 0 saturated heterocycles. The minimum atomic E-state index is -4.32. The molecule has 74 valence electrons. The van der Waals surface area contributed by atoms with Crippen molar-refractivity contribution in [1.82, 2.24) is 0 Å². The van der Waals surface area contributed by atoms with Gasteiger partial charge in [-0.05, 0) is 23.3 Å². The maximum absolute atomic E-state index is 12.4. The van der Waals surface area contributed by atoms with Gasteiger partial charge >= 0.3 is 6.18 Å². The highest BCUT2D eigenvalue weighted by molar-refractivity contribution is 9.10. The molecular formula is C9H5BrF3N. The minimum Gasteiger partial charge on any atom is -0.288 e. The summed E-state index contributed by atoms with van der Waals surface area (Å²) in [6.07, 6.45) is -2.85. The predicted molar refractivity (Wildman–Crippen MR) is 50.4 cm³/mol. The molecule has 0 unspecified atom stereocenters. The molecule has 1 aliphatic rings. The van der Waals surface area contributed by atoms with E-state index in [0.717, 1.165) is 11.6 Å². The fraction of sp³-hybridized carbons (Fsp3) is 0.222. The van der Waals surface area contributed by atoms with E-state index < -0.39 is 11.7 Å². The van der Waals surface area contributed by atoms with Crippen LogP contribution in [-0.2, 0) is 12.7 Å². The van der Waals surface area contributed by atoms with Gasteiger partial charge in [-0.1, -0.05) is 15.9 Å². The zero-order chi connectivity index (χ0) is 10.3. The van der Waals surface area contributed by atoms with Crippen LogP contribution in [0.25, 0.3) is 0 Å². The highest BCUT2D eigenvalue weighted by Crippen LogP contribution is 2.37. The Morgan fingerprint density at radius 2 is 2.00 bits per heavy atom. The van der Waals surface area contributed by atoms with Gasteiger partial charge in [-0.15, -0.1) is 0 Å². The maximum atomic E-state index is 12.4. The molecule has 14 heavy (non-hydrogen) atoms. The van der Waals surface area contributed by atoms with E-state index in [0.29, 0.717) is 12.1 Å². The highest BCUT2D eigenvalue weighted by atomic mass is 79.9. The number of nitrogens with zero attached hydrogens (tertiary/aromatic N) is 1. The number of aliphatic imine (C=N–C) groups is 1. The fourth-order valence-electron chi connectivity index (χ4n) is 1.35. The Bertz CT molecular complexity index is 409. The lowest BCUT2D eigenvalue weighted by molar-refractivity contribution is -0.138. The van der Waals surface area contributed by atoms with Gasteiger partial charge < -0.3 is 0 Å². The van der Waals surface area contributed by atoms with Crippen molar-refractivity contribution in [3.8, 4) is 0 Å². The first kappa shape index (κ1) is 9.71. The first-order valence-electron chi connectivity index (χ1n) is 3.88. The Morgan fingerprint density at radius 3 is 2.64 bits per heavy atom. The van der Waals surface area contributed by atoms with E-state index in [1.807, 2.05) is 0 Å². The summed E-state index contributed by atoms with van der Waals surface area (Å²) in [5, 5.41) is 0. The highest BCUT2D eigenvalue weighted by Gasteiger charge is 2.33. The van der Waals surface area contributed by atoms with Crippen molar-refractivity contribution in [2.45, 2.75) is 12.7 Å². The van der Waals surface area contributed by atoms with E-state index in [-0.39, 0.29) is 4.47 Å². The van der Waals surface area contributed by atoms with E-state index in [4.69, 9.17) is 0 Å². The number of halogens is 4. The van der Waals surface area contributed by atoms with Gasteiger partial charge in [0.1, 0.15) is 0 Å². The summed E-state index contributed by atoms with van der Waals surface area (Å²) in [6.45, 7) is 0.464. The molecule has 1 aliphatic heterocycles. The summed E-state index contributed by atoms with van der Waals surface area (Å²) in [6, 6.07) is 2.60. The van der Waals surface area contributed by atoms with Crippen molar-refractivity contribution >= 4 is 22.1 Å². The van der Waals surface area contributed by atoms with Gasteiger partial charge in [0.25, 0.3) is 0 Å². The zero-order valence-electron chi connectivity index (χ0n) is 6.90. The standard InChI is InChI=1S/C9H5BrF3N/c10-8-2-6-4-14-3-5(6)1-7(8)9(11,12)13/h1-3H,4H2. The summed E-state index contributed by atoms with van der Waals surface area (Å²) in [4.78, 5) is 3.90. The molecule has 1 heterocycles. The second-order valence-electron chi connectivity index (χ2n) is 3.00. The van der Waals surface area contributed by atoms with Crippen molar-refractivity contribution in [2.24, 2.45) is 4.99 Å². The van der Waals surface area contributed by atoms with Gasteiger partial charge in [0.15, 0.2) is 0 Å². The van der Waals surface area contributed by atoms with Crippen molar-refractivity contribution in [1.29, 1.82) is 0 Å². The molecule has 0 fully saturated rings.